The van der Waals surface area contributed by atoms with Gasteiger partial charge in [0.1, 0.15) is 5.82 Å². The van der Waals surface area contributed by atoms with Gasteiger partial charge in [-0.2, -0.15) is 4.31 Å². The van der Waals surface area contributed by atoms with Crippen LogP contribution < -0.4 is 5.73 Å². The van der Waals surface area contributed by atoms with E-state index in [9.17, 15) is 17.9 Å². The first-order valence-electron chi connectivity index (χ1n) is 6.05. The van der Waals surface area contributed by atoms with Gasteiger partial charge in [-0.25, -0.2) is 12.8 Å². The minimum absolute atomic E-state index is 0.0756. The monoisotopic (exact) mass is 288 g/mol. The maximum Gasteiger partial charge on any atom is 0.243 e. The van der Waals surface area contributed by atoms with Crippen LogP contribution in [0.1, 0.15) is 13.3 Å². The number of hydrogen-bond acceptors (Lipinski definition) is 4. The van der Waals surface area contributed by atoms with Crippen LogP contribution in [-0.4, -0.2) is 37.0 Å². The van der Waals surface area contributed by atoms with Gasteiger partial charge in [0.2, 0.25) is 10.0 Å². The molecule has 3 N–H and O–H groups in total. The highest BCUT2D eigenvalue weighted by molar-refractivity contribution is 7.89. The quantitative estimate of drug-likeness (QED) is 0.806. The molecule has 1 aliphatic rings. The molecule has 0 aromatic heterocycles. The maximum atomic E-state index is 13.4. The van der Waals surface area contributed by atoms with Gasteiger partial charge in [0.15, 0.2) is 0 Å². The molecule has 19 heavy (non-hydrogen) atoms. The Hall–Kier alpha value is -1.18. The van der Waals surface area contributed by atoms with Crippen LogP contribution in [0.5, 0.6) is 0 Å². The summed E-state index contributed by atoms with van der Waals surface area (Å²) in [5.74, 6) is -0.819. The van der Waals surface area contributed by atoms with Gasteiger partial charge in [0, 0.05) is 13.1 Å². The van der Waals surface area contributed by atoms with Gasteiger partial charge in [-0.1, -0.05) is 0 Å². The summed E-state index contributed by atoms with van der Waals surface area (Å²) in [7, 11) is -3.72. The summed E-state index contributed by atoms with van der Waals surface area (Å²) in [6.07, 6.45) is 0.0531. The van der Waals surface area contributed by atoms with Crippen molar-refractivity contribution in [2.75, 3.05) is 18.8 Å². The average Bonchev–Trinajstić information content (AvgIpc) is 2.82. The first-order valence-corrected chi connectivity index (χ1v) is 7.49. The van der Waals surface area contributed by atoms with Gasteiger partial charge in [-0.15, -0.1) is 0 Å². The lowest BCUT2D eigenvalue weighted by Crippen LogP contribution is -2.30. The fourth-order valence-corrected chi connectivity index (χ4v) is 3.71. The molecule has 0 radical (unpaired) electrons. The second kappa shape index (κ2) is 5.07. The van der Waals surface area contributed by atoms with Crippen molar-refractivity contribution >= 4 is 15.7 Å². The zero-order chi connectivity index (χ0) is 14.2. The van der Waals surface area contributed by atoms with E-state index in [1.54, 1.807) is 6.92 Å². The summed E-state index contributed by atoms with van der Waals surface area (Å²) in [6, 6.07) is 3.47. The molecule has 5 nitrogen and oxygen atoms in total. The van der Waals surface area contributed by atoms with E-state index in [-0.39, 0.29) is 23.0 Å². The molecule has 0 aliphatic carbocycles. The van der Waals surface area contributed by atoms with Crippen molar-refractivity contribution in [3.8, 4) is 0 Å². The average molecular weight is 288 g/mol. The number of nitrogen functional groups attached to an aromatic ring is 1. The Morgan fingerprint density at radius 2 is 2.21 bits per heavy atom. The lowest BCUT2D eigenvalue weighted by molar-refractivity contribution is 0.133. The Morgan fingerprint density at radius 3 is 2.74 bits per heavy atom. The second-order valence-electron chi connectivity index (χ2n) is 4.84. The van der Waals surface area contributed by atoms with Crippen LogP contribution in [0.2, 0.25) is 0 Å². The summed E-state index contributed by atoms with van der Waals surface area (Å²) < 4.78 is 39.2. The van der Waals surface area contributed by atoms with E-state index < -0.39 is 21.9 Å². The third-order valence-corrected chi connectivity index (χ3v) is 5.34. The van der Waals surface area contributed by atoms with Gasteiger partial charge in [0.05, 0.1) is 16.7 Å². The Bertz CT molecular complexity index is 574. The molecule has 7 heteroatoms. The molecule has 0 bridgehead atoms. The van der Waals surface area contributed by atoms with Crippen molar-refractivity contribution in [1.82, 2.24) is 4.31 Å². The molecule has 1 aromatic carbocycles. The van der Waals surface area contributed by atoms with Crippen LogP contribution in [0.4, 0.5) is 10.1 Å². The summed E-state index contributed by atoms with van der Waals surface area (Å²) in [6.45, 7) is 2.24. The molecule has 1 aromatic rings. The van der Waals surface area contributed by atoms with Gasteiger partial charge >= 0.3 is 0 Å². The van der Waals surface area contributed by atoms with Gasteiger partial charge in [-0.3, -0.25) is 0 Å². The number of benzene rings is 1. The zero-order valence-corrected chi connectivity index (χ0v) is 11.4. The largest absolute Gasteiger partial charge is 0.396 e. The Labute approximate surface area is 111 Å². The van der Waals surface area contributed by atoms with Gasteiger partial charge < -0.3 is 10.8 Å². The molecule has 1 heterocycles. The van der Waals surface area contributed by atoms with Crippen molar-refractivity contribution in [1.29, 1.82) is 0 Å². The Balaban J connectivity index is 2.26. The minimum atomic E-state index is -3.72. The highest BCUT2D eigenvalue weighted by Crippen LogP contribution is 2.27. The van der Waals surface area contributed by atoms with E-state index in [1.165, 1.54) is 16.4 Å². The molecule has 2 rings (SSSR count). The number of anilines is 1. The predicted octanol–water partition coefficient (Wildman–Crippen LogP) is 0.799. The summed E-state index contributed by atoms with van der Waals surface area (Å²) >= 11 is 0. The highest BCUT2D eigenvalue weighted by Gasteiger charge is 2.34. The van der Waals surface area contributed by atoms with Crippen molar-refractivity contribution in [3.63, 3.8) is 0 Å². The number of sulfonamides is 1. The van der Waals surface area contributed by atoms with Gasteiger partial charge in [0.25, 0.3) is 0 Å². The zero-order valence-electron chi connectivity index (χ0n) is 10.6. The molecule has 1 saturated heterocycles. The standard InChI is InChI=1S/C12H17FN2O3S/c1-8(16)9-4-5-15(7-9)19(17,18)10-2-3-12(14)11(13)6-10/h2-3,6,8-9,16H,4-5,7,14H2,1H3. The van der Waals surface area contributed by atoms with Crippen LogP contribution >= 0.6 is 0 Å². The number of halogens is 1. The van der Waals surface area contributed by atoms with Crippen LogP contribution in [0.25, 0.3) is 0 Å². The lowest BCUT2D eigenvalue weighted by Gasteiger charge is -2.18. The summed E-state index contributed by atoms with van der Waals surface area (Å²) in [5, 5.41) is 9.49. The second-order valence-corrected chi connectivity index (χ2v) is 6.77. The normalized spacial score (nSPS) is 22.6. The van der Waals surface area contributed by atoms with E-state index >= 15 is 0 Å². The van der Waals surface area contributed by atoms with E-state index in [0.29, 0.717) is 13.0 Å². The smallest absolute Gasteiger partial charge is 0.243 e. The third-order valence-electron chi connectivity index (χ3n) is 3.48. The highest BCUT2D eigenvalue weighted by atomic mass is 32.2. The van der Waals surface area contributed by atoms with Crippen LogP contribution in [0, 0.1) is 11.7 Å². The fraction of sp³-hybridized carbons (Fsp3) is 0.500. The molecular formula is C12H17FN2O3S. The van der Waals surface area contributed by atoms with Crippen molar-refractivity contribution in [2.24, 2.45) is 5.92 Å². The third kappa shape index (κ3) is 2.72. The number of aliphatic hydroxyl groups is 1. The Kier molecular flexibility index (Phi) is 3.80. The van der Waals surface area contributed by atoms with E-state index in [4.69, 9.17) is 5.73 Å². The molecule has 106 valence electrons. The SMILES string of the molecule is CC(O)C1CCN(S(=O)(=O)c2ccc(N)c(F)c2)C1. The van der Waals surface area contributed by atoms with E-state index in [0.717, 1.165) is 6.07 Å². The fourth-order valence-electron chi connectivity index (χ4n) is 2.18. The van der Waals surface area contributed by atoms with Crippen molar-refractivity contribution in [2.45, 2.75) is 24.3 Å². The molecule has 0 spiro atoms. The van der Waals surface area contributed by atoms with Crippen LogP contribution in [0.15, 0.2) is 23.1 Å². The maximum absolute atomic E-state index is 13.4. The number of hydrogen-bond donors (Lipinski definition) is 2. The molecule has 0 saturated carbocycles. The molecule has 2 atom stereocenters. The number of aliphatic hydroxyl groups excluding tert-OH is 1. The van der Waals surface area contributed by atoms with Crippen LogP contribution in [-0.2, 0) is 10.0 Å². The molecule has 0 amide bonds. The lowest BCUT2D eigenvalue weighted by atomic mass is 10.0. The summed E-state index contributed by atoms with van der Waals surface area (Å²) in [5.41, 5.74) is 5.25. The number of nitrogens with two attached hydrogens (primary N) is 1. The van der Waals surface area contributed by atoms with E-state index in [2.05, 4.69) is 0 Å². The predicted molar refractivity (Wildman–Crippen MR) is 69.4 cm³/mol. The molecular weight excluding hydrogens is 271 g/mol. The Morgan fingerprint density at radius 1 is 1.53 bits per heavy atom. The van der Waals surface area contributed by atoms with Gasteiger partial charge in [-0.05, 0) is 37.5 Å². The summed E-state index contributed by atoms with van der Waals surface area (Å²) in [4.78, 5) is -0.106. The minimum Gasteiger partial charge on any atom is -0.396 e. The van der Waals surface area contributed by atoms with Crippen molar-refractivity contribution in [3.05, 3.63) is 24.0 Å². The molecule has 2 unspecified atom stereocenters. The van der Waals surface area contributed by atoms with E-state index in [1.807, 2.05) is 0 Å². The van der Waals surface area contributed by atoms with Crippen molar-refractivity contribution < 1.29 is 17.9 Å². The van der Waals surface area contributed by atoms with Crippen LogP contribution in [0.3, 0.4) is 0 Å². The first-order chi connectivity index (χ1) is 8.82. The number of nitrogens with zero attached hydrogens (tertiary/aromatic N) is 1. The molecule has 1 aliphatic heterocycles. The number of rotatable bonds is 3. The topological polar surface area (TPSA) is 83.6 Å². The molecule has 1 fully saturated rings. The first kappa shape index (κ1) is 14.2.